The summed E-state index contributed by atoms with van der Waals surface area (Å²) in [6.07, 6.45) is -5.29. The first-order valence-electron chi connectivity index (χ1n) is 10.1. The van der Waals surface area contributed by atoms with Gasteiger partial charge in [0.15, 0.2) is 0 Å². The fraction of sp³-hybridized carbons (Fsp3) is 0.455. The van der Waals surface area contributed by atoms with E-state index < -0.39 is 43.2 Å². The fourth-order valence-electron chi connectivity index (χ4n) is 4.07. The van der Waals surface area contributed by atoms with Crippen LogP contribution in [0.4, 0.5) is 5.69 Å². The molecule has 0 amide bonds. The molecule has 2 aliphatic heterocycles. The minimum Gasteiger partial charge on any atom is -0.490 e. The van der Waals surface area contributed by atoms with Gasteiger partial charge in [-0.05, 0) is 41.3 Å². The lowest BCUT2D eigenvalue weighted by Crippen LogP contribution is -2.65. The number of hydrogen-bond acceptors (Lipinski definition) is 8. The summed E-state index contributed by atoms with van der Waals surface area (Å²) in [4.78, 5) is 0. The maximum absolute atomic E-state index is 10.5. The van der Waals surface area contributed by atoms with E-state index in [-0.39, 0.29) is 0 Å². The molecule has 2 heterocycles. The number of halogens is 1. The van der Waals surface area contributed by atoms with Crippen LogP contribution in [0.1, 0.15) is 22.8 Å². The number of ether oxygens (including phenoxy) is 2. The maximum atomic E-state index is 10.5. The molecule has 2 aliphatic rings. The molecule has 2 aromatic carbocycles. The Morgan fingerprint density at radius 2 is 1.81 bits per heavy atom. The molecule has 9 heteroatoms. The molecule has 4 rings (SSSR count). The Bertz CT molecular complexity index is 936. The van der Waals surface area contributed by atoms with Crippen LogP contribution in [0.15, 0.2) is 36.4 Å². The van der Waals surface area contributed by atoms with Crippen molar-refractivity contribution in [3.8, 4) is 5.75 Å². The molecule has 0 unspecified atom stereocenters. The Morgan fingerprint density at radius 3 is 2.55 bits per heavy atom. The lowest BCUT2D eigenvalue weighted by Gasteiger charge is -2.47. The Kier molecular flexibility index (Phi) is 6.41. The van der Waals surface area contributed by atoms with Crippen molar-refractivity contribution in [1.82, 2.24) is 0 Å². The standard InChI is InChI=1S/C22H26ClNO7/c23-15-3-2-13(20-18(27)19(28)21(29)22(10-25,11-26)31-20)9-14(15)7-12-1-4-17-16(8-12)24-5-6-30-17/h1-4,8-9,18-21,24-29H,5-7,10-11H2/t18-,19-,20+,21+/m1/s1. The second kappa shape index (κ2) is 8.91. The summed E-state index contributed by atoms with van der Waals surface area (Å²) in [5, 5.41) is 54.2. The van der Waals surface area contributed by atoms with Gasteiger partial charge in [0.25, 0.3) is 0 Å². The first-order valence-corrected chi connectivity index (χ1v) is 10.5. The topological polar surface area (TPSA) is 132 Å². The SMILES string of the molecule is OCC1(CO)O[C@@H](c2ccc(Cl)c(Cc3ccc4c(c3)NCCO4)c2)[C@H](O)[C@@H](O)[C@@H]1O. The van der Waals surface area contributed by atoms with Crippen LogP contribution in [0, 0.1) is 0 Å². The second-order valence-corrected chi connectivity index (χ2v) is 8.39. The van der Waals surface area contributed by atoms with Crippen LogP contribution in [-0.4, -0.2) is 75.8 Å². The van der Waals surface area contributed by atoms with Crippen molar-refractivity contribution in [1.29, 1.82) is 0 Å². The molecule has 31 heavy (non-hydrogen) atoms. The number of fused-ring (bicyclic) bond motifs is 1. The molecule has 2 aromatic rings. The van der Waals surface area contributed by atoms with E-state index in [2.05, 4.69) is 5.32 Å². The third-order valence-corrected chi connectivity index (χ3v) is 6.30. The van der Waals surface area contributed by atoms with Gasteiger partial charge >= 0.3 is 0 Å². The minimum absolute atomic E-state index is 0.501. The van der Waals surface area contributed by atoms with Crippen LogP contribution >= 0.6 is 11.6 Å². The van der Waals surface area contributed by atoms with E-state index in [1.54, 1.807) is 18.2 Å². The fourth-order valence-corrected chi connectivity index (χ4v) is 4.26. The summed E-state index contributed by atoms with van der Waals surface area (Å²) in [6, 6.07) is 10.9. The smallest absolute Gasteiger partial charge is 0.143 e. The molecule has 8 nitrogen and oxygen atoms in total. The Morgan fingerprint density at radius 1 is 1.03 bits per heavy atom. The second-order valence-electron chi connectivity index (χ2n) is 7.98. The Hall–Kier alpha value is -1.91. The van der Waals surface area contributed by atoms with Crippen molar-refractivity contribution >= 4 is 17.3 Å². The number of hydrogen-bond donors (Lipinski definition) is 6. The average molecular weight is 452 g/mol. The van der Waals surface area contributed by atoms with E-state index in [0.717, 1.165) is 29.1 Å². The summed E-state index contributed by atoms with van der Waals surface area (Å²) in [5.74, 6) is 0.797. The molecule has 6 N–H and O–H groups in total. The molecular formula is C22H26ClNO7. The van der Waals surface area contributed by atoms with Gasteiger partial charge in [0.2, 0.25) is 0 Å². The van der Waals surface area contributed by atoms with Gasteiger partial charge in [0.05, 0.1) is 18.9 Å². The Labute approximate surface area is 184 Å². The number of aliphatic hydroxyl groups excluding tert-OH is 5. The molecule has 1 fully saturated rings. The quantitative estimate of drug-likeness (QED) is 0.390. The maximum Gasteiger partial charge on any atom is 0.143 e. The first kappa shape index (κ1) is 22.3. The van der Waals surface area contributed by atoms with E-state index in [1.807, 2.05) is 18.2 Å². The summed E-state index contributed by atoms with van der Waals surface area (Å²) >= 11 is 6.41. The van der Waals surface area contributed by atoms with E-state index in [1.165, 1.54) is 0 Å². The number of anilines is 1. The van der Waals surface area contributed by atoms with E-state index in [9.17, 15) is 25.5 Å². The van der Waals surface area contributed by atoms with Crippen LogP contribution in [0.5, 0.6) is 5.75 Å². The predicted molar refractivity (Wildman–Crippen MR) is 113 cm³/mol. The first-order chi connectivity index (χ1) is 14.9. The van der Waals surface area contributed by atoms with Gasteiger partial charge in [-0.25, -0.2) is 0 Å². The zero-order valence-electron chi connectivity index (χ0n) is 16.7. The molecule has 168 valence electrons. The van der Waals surface area contributed by atoms with E-state index >= 15 is 0 Å². The average Bonchev–Trinajstić information content (AvgIpc) is 2.80. The number of benzene rings is 2. The molecule has 0 bridgehead atoms. The van der Waals surface area contributed by atoms with Gasteiger partial charge in [-0.1, -0.05) is 29.8 Å². The van der Waals surface area contributed by atoms with Crippen molar-refractivity contribution in [3.63, 3.8) is 0 Å². The predicted octanol–water partition coefficient (Wildman–Crippen LogP) is 0.612. The molecule has 0 aliphatic carbocycles. The highest BCUT2D eigenvalue weighted by Crippen LogP contribution is 2.39. The summed E-state index contributed by atoms with van der Waals surface area (Å²) in [5.41, 5.74) is 1.38. The highest BCUT2D eigenvalue weighted by molar-refractivity contribution is 6.31. The van der Waals surface area contributed by atoms with Gasteiger partial charge in [0.1, 0.15) is 42.4 Å². The number of nitrogens with one attached hydrogen (secondary N) is 1. The lowest BCUT2D eigenvalue weighted by molar-refractivity contribution is -0.289. The third kappa shape index (κ3) is 4.12. The third-order valence-electron chi connectivity index (χ3n) is 5.93. The summed E-state index contributed by atoms with van der Waals surface area (Å²) in [6.45, 7) is -0.103. The largest absolute Gasteiger partial charge is 0.490 e. The molecule has 0 radical (unpaired) electrons. The van der Waals surface area contributed by atoms with Crippen LogP contribution in [0.25, 0.3) is 0 Å². The van der Waals surface area contributed by atoms with Crippen molar-refractivity contribution in [2.24, 2.45) is 0 Å². The highest BCUT2D eigenvalue weighted by atomic mass is 35.5. The lowest BCUT2D eigenvalue weighted by atomic mass is 9.83. The van der Waals surface area contributed by atoms with Crippen LogP contribution in [-0.2, 0) is 11.2 Å². The normalized spacial score (nSPS) is 27.2. The van der Waals surface area contributed by atoms with Gasteiger partial charge in [0, 0.05) is 11.6 Å². The number of rotatable bonds is 5. The van der Waals surface area contributed by atoms with Gasteiger partial charge in [-0.15, -0.1) is 0 Å². The van der Waals surface area contributed by atoms with Crippen molar-refractivity contribution in [2.75, 3.05) is 31.7 Å². The highest BCUT2D eigenvalue weighted by Gasteiger charge is 2.53. The molecule has 4 atom stereocenters. The Balaban J connectivity index is 1.63. The summed E-state index contributed by atoms with van der Waals surface area (Å²) < 4.78 is 11.3. The van der Waals surface area contributed by atoms with Crippen LogP contribution in [0.2, 0.25) is 5.02 Å². The molecule has 0 saturated carbocycles. The minimum atomic E-state index is -1.80. The van der Waals surface area contributed by atoms with Gasteiger partial charge < -0.3 is 40.3 Å². The van der Waals surface area contributed by atoms with Crippen LogP contribution < -0.4 is 10.1 Å². The molecular weight excluding hydrogens is 426 g/mol. The summed E-state index contributed by atoms with van der Waals surface area (Å²) in [7, 11) is 0. The zero-order valence-corrected chi connectivity index (χ0v) is 17.5. The zero-order chi connectivity index (χ0) is 22.2. The van der Waals surface area contributed by atoms with Crippen molar-refractivity contribution in [3.05, 3.63) is 58.1 Å². The van der Waals surface area contributed by atoms with E-state index in [0.29, 0.717) is 23.6 Å². The van der Waals surface area contributed by atoms with Crippen LogP contribution in [0.3, 0.4) is 0 Å². The van der Waals surface area contributed by atoms with E-state index in [4.69, 9.17) is 21.1 Å². The molecule has 0 spiro atoms. The van der Waals surface area contributed by atoms with Gasteiger partial charge in [-0.3, -0.25) is 0 Å². The molecule has 1 saturated heterocycles. The van der Waals surface area contributed by atoms with Crippen molar-refractivity contribution in [2.45, 2.75) is 36.4 Å². The molecule has 0 aromatic heterocycles. The number of aliphatic hydroxyl groups is 5. The van der Waals surface area contributed by atoms with Crippen molar-refractivity contribution < 1.29 is 35.0 Å². The van der Waals surface area contributed by atoms with Gasteiger partial charge in [-0.2, -0.15) is 0 Å². The monoisotopic (exact) mass is 451 g/mol.